The molecule has 4 heteroatoms. The van der Waals surface area contributed by atoms with Crippen LogP contribution in [0.2, 0.25) is 0 Å². The summed E-state index contributed by atoms with van der Waals surface area (Å²) < 4.78 is 0. The summed E-state index contributed by atoms with van der Waals surface area (Å²) in [7, 11) is 1.80. The number of amides is 1. The number of hydrogen-bond acceptors (Lipinski definition) is 3. The zero-order chi connectivity index (χ0) is 9.68. The second-order valence-electron chi connectivity index (χ2n) is 2.54. The first kappa shape index (κ1) is 9.51. The predicted octanol–water partition coefficient (Wildman–Crippen LogP) is 0.873. The summed E-state index contributed by atoms with van der Waals surface area (Å²) in [6.07, 6.45) is 1.61. The van der Waals surface area contributed by atoms with Crippen molar-refractivity contribution in [2.45, 2.75) is 6.92 Å². The maximum absolute atomic E-state index is 11.3. The van der Waals surface area contributed by atoms with Crippen molar-refractivity contribution in [3.8, 4) is 0 Å². The molecular formula is C9H13N3O. The van der Waals surface area contributed by atoms with E-state index >= 15 is 0 Å². The third-order valence-electron chi connectivity index (χ3n) is 1.62. The first-order chi connectivity index (χ1) is 6.27. The molecule has 0 atom stereocenters. The fraction of sp³-hybridized carbons (Fsp3) is 0.333. The SMILES string of the molecule is CCNC(=O)c1cc(NC)ccn1. The van der Waals surface area contributed by atoms with Crippen LogP contribution in [0.15, 0.2) is 18.3 Å². The van der Waals surface area contributed by atoms with E-state index in [1.54, 1.807) is 19.3 Å². The summed E-state index contributed by atoms with van der Waals surface area (Å²) in [5.41, 5.74) is 1.32. The molecule has 4 nitrogen and oxygen atoms in total. The fourth-order valence-electron chi connectivity index (χ4n) is 0.961. The fourth-order valence-corrected chi connectivity index (χ4v) is 0.961. The van der Waals surface area contributed by atoms with Crippen LogP contribution in [0.3, 0.4) is 0 Å². The lowest BCUT2D eigenvalue weighted by atomic mass is 10.3. The molecule has 0 saturated heterocycles. The van der Waals surface area contributed by atoms with Crippen LogP contribution in [0.4, 0.5) is 5.69 Å². The normalized spacial score (nSPS) is 9.38. The maximum atomic E-state index is 11.3. The molecule has 1 amide bonds. The van der Waals surface area contributed by atoms with Crippen LogP contribution in [-0.2, 0) is 0 Å². The van der Waals surface area contributed by atoms with Crippen LogP contribution in [-0.4, -0.2) is 24.5 Å². The molecule has 0 aliphatic carbocycles. The number of anilines is 1. The zero-order valence-electron chi connectivity index (χ0n) is 7.79. The van der Waals surface area contributed by atoms with E-state index in [4.69, 9.17) is 0 Å². The number of nitrogens with zero attached hydrogens (tertiary/aromatic N) is 1. The number of nitrogens with one attached hydrogen (secondary N) is 2. The topological polar surface area (TPSA) is 54.0 Å². The lowest BCUT2D eigenvalue weighted by Crippen LogP contribution is -2.23. The third-order valence-corrected chi connectivity index (χ3v) is 1.62. The van der Waals surface area contributed by atoms with Gasteiger partial charge in [-0.25, -0.2) is 0 Å². The molecule has 13 heavy (non-hydrogen) atoms. The van der Waals surface area contributed by atoms with E-state index in [-0.39, 0.29) is 5.91 Å². The molecular weight excluding hydrogens is 166 g/mol. The Labute approximate surface area is 77.4 Å². The zero-order valence-corrected chi connectivity index (χ0v) is 7.79. The van der Waals surface area contributed by atoms with E-state index in [0.29, 0.717) is 12.2 Å². The summed E-state index contributed by atoms with van der Waals surface area (Å²) >= 11 is 0. The van der Waals surface area contributed by atoms with Crippen LogP contribution in [0, 0.1) is 0 Å². The second kappa shape index (κ2) is 4.45. The number of hydrogen-bond donors (Lipinski definition) is 2. The average Bonchev–Trinajstić information content (AvgIpc) is 2.18. The molecule has 0 bridgehead atoms. The van der Waals surface area contributed by atoms with Crippen LogP contribution < -0.4 is 10.6 Å². The van der Waals surface area contributed by atoms with Gasteiger partial charge in [0.15, 0.2) is 0 Å². The van der Waals surface area contributed by atoms with Crippen molar-refractivity contribution in [2.75, 3.05) is 18.9 Å². The van der Waals surface area contributed by atoms with Crippen molar-refractivity contribution < 1.29 is 4.79 Å². The van der Waals surface area contributed by atoms with Gasteiger partial charge in [0.1, 0.15) is 5.69 Å². The quantitative estimate of drug-likeness (QED) is 0.724. The molecule has 2 N–H and O–H groups in total. The molecule has 1 aromatic heterocycles. The van der Waals surface area contributed by atoms with E-state index in [0.717, 1.165) is 5.69 Å². The van der Waals surface area contributed by atoms with E-state index in [1.807, 2.05) is 13.0 Å². The minimum absolute atomic E-state index is 0.139. The van der Waals surface area contributed by atoms with Gasteiger partial charge in [0.25, 0.3) is 5.91 Å². The lowest BCUT2D eigenvalue weighted by molar-refractivity contribution is 0.0951. The highest BCUT2D eigenvalue weighted by molar-refractivity contribution is 5.92. The molecule has 0 spiro atoms. The number of carbonyl (C=O) groups is 1. The van der Waals surface area contributed by atoms with Gasteiger partial charge in [-0.1, -0.05) is 0 Å². The Hall–Kier alpha value is -1.58. The second-order valence-corrected chi connectivity index (χ2v) is 2.54. The van der Waals surface area contributed by atoms with Crippen molar-refractivity contribution in [1.82, 2.24) is 10.3 Å². The molecule has 0 radical (unpaired) electrons. The third kappa shape index (κ3) is 2.43. The van der Waals surface area contributed by atoms with Gasteiger partial charge in [0.05, 0.1) is 0 Å². The van der Waals surface area contributed by atoms with E-state index in [9.17, 15) is 4.79 Å². The summed E-state index contributed by atoms with van der Waals surface area (Å²) in [4.78, 5) is 15.3. The van der Waals surface area contributed by atoms with Crippen LogP contribution in [0.1, 0.15) is 17.4 Å². The molecule has 0 aliphatic heterocycles. The Kier molecular flexibility index (Phi) is 3.25. The summed E-state index contributed by atoms with van der Waals surface area (Å²) in [5.74, 6) is -0.139. The monoisotopic (exact) mass is 179 g/mol. The van der Waals surface area contributed by atoms with Crippen molar-refractivity contribution in [2.24, 2.45) is 0 Å². The number of carbonyl (C=O) groups excluding carboxylic acids is 1. The molecule has 1 aromatic rings. The predicted molar refractivity (Wildman–Crippen MR) is 51.8 cm³/mol. The molecule has 1 rings (SSSR count). The highest BCUT2D eigenvalue weighted by atomic mass is 16.1. The molecule has 0 aromatic carbocycles. The highest BCUT2D eigenvalue weighted by Crippen LogP contribution is 2.06. The van der Waals surface area contributed by atoms with Gasteiger partial charge in [-0.05, 0) is 19.1 Å². The van der Waals surface area contributed by atoms with Gasteiger partial charge in [-0.2, -0.15) is 0 Å². The van der Waals surface area contributed by atoms with Crippen molar-refractivity contribution in [3.63, 3.8) is 0 Å². The number of rotatable bonds is 3. The minimum atomic E-state index is -0.139. The Balaban J connectivity index is 2.82. The highest BCUT2D eigenvalue weighted by Gasteiger charge is 2.04. The molecule has 1 heterocycles. The van der Waals surface area contributed by atoms with Gasteiger partial charge in [-0.3, -0.25) is 9.78 Å². The minimum Gasteiger partial charge on any atom is -0.388 e. The van der Waals surface area contributed by atoms with Crippen molar-refractivity contribution >= 4 is 11.6 Å². The Morgan fingerprint density at radius 3 is 3.00 bits per heavy atom. The summed E-state index contributed by atoms with van der Waals surface area (Å²) in [6.45, 7) is 2.49. The smallest absolute Gasteiger partial charge is 0.269 e. The Bertz CT molecular complexity index is 299. The van der Waals surface area contributed by atoms with Gasteiger partial charge >= 0.3 is 0 Å². The van der Waals surface area contributed by atoms with E-state index in [2.05, 4.69) is 15.6 Å². The Morgan fingerprint density at radius 1 is 1.62 bits per heavy atom. The average molecular weight is 179 g/mol. The van der Waals surface area contributed by atoms with Gasteiger partial charge in [0.2, 0.25) is 0 Å². The summed E-state index contributed by atoms with van der Waals surface area (Å²) in [6, 6.07) is 3.52. The van der Waals surface area contributed by atoms with Crippen LogP contribution in [0.5, 0.6) is 0 Å². The van der Waals surface area contributed by atoms with Crippen molar-refractivity contribution in [1.29, 1.82) is 0 Å². The maximum Gasteiger partial charge on any atom is 0.269 e. The number of aromatic nitrogens is 1. The molecule has 70 valence electrons. The molecule has 0 fully saturated rings. The standard InChI is InChI=1S/C9H13N3O/c1-3-11-9(13)8-6-7(10-2)4-5-12-8/h4-6H,3H2,1-2H3,(H,10,12)(H,11,13). The largest absolute Gasteiger partial charge is 0.388 e. The summed E-state index contributed by atoms with van der Waals surface area (Å²) in [5, 5.41) is 5.63. The van der Waals surface area contributed by atoms with Crippen molar-refractivity contribution in [3.05, 3.63) is 24.0 Å². The molecule has 0 saturated carbocycles. The van der Waals surface area contributed by atoms with E-state index < -0.39 is 0 Å². The first-order valence-corrected chi connectivity index (χ1v) is 4.20. The lowest BCUT2D eigenvalue weighted by Gasteiger charge is -2.03. The van der Waals surface area contributed by atoms with Gasteiger partial charge < -0.3 is 10.6 Å². The van der Waals surface area contributed by atoms with Crippen LogP contribution >= 0.6 is 0 Å². The number of pyridine rings is 1. The Morgan fingerprint density at radius 2 is 2.38 bits per heavy atom. The van der Waals surface area contributed by atoms with Gasteiger partial charge in [-0.15, -0.1) is 0 Å². The van der Waals surface area contributed by atoms with E-state index in [1.165, 1.54) is 0 Å². The molecule has 0 unspecified atom stereocenters. The first-order valence-electron chi connectivity index (χ1n) is 4.20. The van der Waals surface area contributed by atoms with Crippen LogP contribution in [0.25, 0.3) is 0 Å². The molecule has 0 aliphatic rings. The van der Waals surface area contributed by atoms with Gasteiger partial charge in [0, 0.05) is 25.5 Å².